The van der Waals surface area contributed by atoms with E-state index < -0.39 is 0 Å². The Hall–Kier alpha value is -1.30. The van der Waals surface area contributed by atoms with E-state index in [0.717, 1.165) is 48.0 Å². The number of hydrogen-bond acceptors (Lipinski definition) is 2. The van der Waals surface area contributed by atoms with Crippen molar-refractivity contribution >= 4 is 0 Å². The van der Waals surface area contributed by atoms with E-state index in [4.69, 9.17) is 5.26 Å². The third-order valence-electron chi connectivity index (χ3n) is 10.6. The molecule has 0 radical (unpaired) electrons. The lowest BCUT2D eigenvalue weighted by molar-refractivity contribution is -0.0747. The topological polar surface area (TPSA) is 41.6 Å². The summed E-state index contributed by atoms with van der Waals surface area (Å²) in [5.74, 6) is 7.60. The average Bonchev–Trinajstić information content (AvgIpc) is 3.36. The minimum atomic E-state index is 0.527. The molecule has 0 amide bonds. The normalized spacial score (nSPS) is 43.9. The molecule has 4 saturated carbocycles. The van der Waals surface area contributed by atoms with Crippen LogP contribution in [-0.2, 0) is 6.54 Å². The van der Waals surface area contributed by atoms with Crippen LogP contribution in [0.1, 0.15) is 90.5 Å². The number of aromatic nitrogens is 2. The molecule has 0 bridgehead atoms. The van der Waals surface area contributed by atoms with E-state index in [2.05, 4.69) is 31.9 Å². The Balaban J connectivity index is 1.29. The van der Waals surface area contributed by atoms with E-state index >= 15 is 0 Å². The predicted octanol–water partition coefficient (Wildman–Crippen LogP) is 6.69. The highest BCUT2D eigenvalue weighted by atomic mass is 15.3. The fourth-order valence-electron chi connectivity index (χ4n) is 9.24. The van der Waals surface area contributed by atoms with E-state index in [1.165, 1.54) is 57.8 Å². The van der Waals surface area contributed by atoms with Crippen LogP contribution in [0.2, 0.25) is 0 Å². The van der Waals surface area contributed by atoms with E-state index in [0.29, 0.717) is 16.9 Å². The second-order valence-electron chi connectivity index (χ2n) is 11.8. The zero-order chi connectivity index (χ0) is 20.9. The highest BCUT2D eigenvalue weighted by Gasteiger charge is 2.57. The highest BCUT2D eigenvalue weighted by Crippen LogP contribution is 2.65. The van der Waals surface area contributed by atoms with Crippen molar-refractivity contribution < 1.29 is 0 Å². The molecule has 0 unspecified atom stereocenters. The van der Waals surface area contributed by atoms with Crippen LogP contribution in [-0.4, -0.2) is 9.78 Å². The van der Waals surface area contributed by atoms with Crippen LogP contribution in [0.15, 0.2) is 12.4 Å². The molecular formula is C27H41N3. The van der Waals surface area contributed by atoms with Gasteiger partial charge in [0.25, 0.3) is 0 Å². The quantitative estimate of drug-likeness (QED) is 0.558. The summed E-state index contributed by atoms with van der Waals surface area (Å²) in [6, 6.07) is 2.22. The minimum Gasteiger partial charge on any atom is -0.271 e. The van der Waals surface area contributed by atoms with Gasteiger partial charge in [-0.1, -0.05) is 33.6 Å². The van der Waals surface area contributed by atoms with Gasteiger partial charge in [-0.3, -0.25) is 4.68 Å². The molecule has 3 nitrogen and oxygen atoms in total. The third kappa shape index (κ3) is 3.34. The van der Waals surface area contributed by atoms with Gasteiger partial charge in [0.15, 0.2) is 0 Å². The maximum absolute atomic E-state index is 9.11. The molecule has 30 heavy (non-hydrogen) atoms. The first-order valence-corrected chi connectivity index (χ1v) is 13.0. The molecule has 5 rings (SSSR count). The fraction of sp³-hybridized carbons (Fsp3) is 0.852. The van der Waals surface area contributed by atoms with Gasteiger partial charge in [-0.15, -0.1) is 0 Å². The van der Waals surface area contributed by atoms with Crippen LogP contribution in [0, 0.1) is 64.1 Å². The van der Waals surface area contributed by atoms with Crippen molar-refractivity contribution in [2.24, 2.45) is 52.8 Å². The molecule has 164 valence electrons. The second-order valence-corrected chi connectivity index (χ2v) is 11.8. The number of fused-ring (bicyclic) bond motifs is 5. The van der Waals surface area contributed by atoms with Gasteiger partial charge in [-0.2, -0.15) is 10.4 Å². The van der Waals surface area contributed by atoms with Crippen molar-refractivity contribution in [3.8, 4) is 6.07 Å². The van der Waals surface area contributed by atoms with Crippen LogP contribution in [0.3, 0.4) is 0 Å². The monoisotopic (exact) mass is 407 g/mol. The van der Waals surface area contributed by atoms with Gasteiger partial charge in [-0.25, -0.2) is 0 Å². The first-order valence-electron chi connectivity index (χ1n) is 13.0. The Morgan fingerprint density at radius 1 is 1.13 bits per heavy atom. The van der Waals surface area contributed by atoms with Gasteiger partial charge in [0.1, 0.15) is 6.07 Å². The molecule has 0 N–H and O–H groups in total. The first kappa shape index (κ1) is 20.6. The van der Waals surface area contributed by atoms with Crippen molar-refractivity contribution in [2.45, 2.75) is 91.5 Å². The van der Waals surface area contributed by atoms with Crippen LogP contribution in [0.25, 0.3) is 0 Å². The fourth-order valence-corrected chi connectivity index (χ4v) is 9.24. The highest BCUT2D eigenvalue weighted by molar-refractivity contribution is 5.21. The summed E-state index contributed by atoms with van der Waals surface area (Å²) in [6.07, 6.45) is 18.5. The lowest BCUT2D eigenvalue weighted by Gasteiger charge is -2.57. The molecule has 0 saturated heterocycles. The molecule has 0 aromatic carbocycles. The van der Waals surface area contributed by atoms with Gasteiger partial charge < -0.3 is 0 Å². The molecule has 1 aromatic heterocycles. The molecule has 9 atom stereocenters. The van der Waals surface area contributed by atoms with Gasteiger partial charge in [0, 0.05) is 12.7 Å². The zero-order valence-electron chi connectivity index (χ0n) is 19.4. The molecule has 1 heterocycles. The third-order valence-corrected chi connectivity index (χ3v) is 10.6. The van der Waals surface area contributed by atoms with Crippen LogP contribution < -0.4 is 0 Å². The zero-order valence-corrected chi connectivity index (χ0v) is 19.4. The summed E-state index contributed by atoms with van der Waals surface area (Å²) < 4.78 is 2.02. The van der Waals surface area contributed by atoms with Crippen molar-refractivity contribution in [3.05, 3.63) is 18.0 Å². The van der Waals surface area contributed by atoms with E-state index in [9.17, 15) is 0 Å². The van der Waals surface area contributed by atoms with Gasteiger partial charge in [0.2, 0.25) is 0 Å². The largest absolute Gasteiger partial charge is 0.271 e. The number of nitrogens with zero attached hydrogens (tertiary/aromatic N) is 3. The summed E-state index contributed by atoms with van der Waals surface area (Å²) in [7, 11) is 0. The summed E-state index contributed by atoms with van der Waals surface area (Å²) in [5.41, 5.74) is 1.21. The lowest BCUT2D eigenvalue weighted by Crippen LogP contribution is -2.49. The Kier molecular flexibility index (Phi) is 5.49. The number of hydrogen-bond donors (Lipinski definition) is 0. The molecule has 3 heteroatoms. The summed E-state index contributed by atoms with van der Waals surface area (Å²) in [6.45, 7) is 8.48. The molecule has 4 aliphatic carbocycles. The molecular weight excluding hydrogens is 366 g/mol. The number of rotatable bonds is 4. The maximum Gasteiger partial charge on any atom is 0.102 e. The molecule has 0 aliphatic heterocycles. The summed E-state index contributed by atoms with van der Waals surface area (Å²) in [4.78, 5) is 0. The van der Waals surface area contributed by atoms with E-state index in [-0.39, 0.29) is 0 Å². The Labute approximate surface area is 183 Å². The van der Waals surface area contributed by atoms with Gasteiger partial charge >= 0.3 is 0 Å². The Morgan fingerprint density at radius 2 is 1.97 bits per heavy atom. The van der Waals surface area contributed by atoms with Crippen LogP contribution >= 0.6 is 0 Å². The molecule has 1 aromatic rings. The molecule has 0 spiro atoms. The number of nitriles is 1. The van der Waals surface area contributed by atoms with Crippen LogP contribution in [0.5, 0.6) is 0 Å². The average molecular weight is 408 g/mol. The summed E-state index contributed by atoms with van der Waals surface area (Å²) in [5, 5.41) is 13.6. The van der Waals surface area contributed by atoms with Crippen LogP contribution in [0.4, 0.5) is 0 Å². The molecule has 4 fully saturated rings. The molecule has 4 aliphatic rings. The van der Waals surface area contributed by atoms with Crippen molar-refractivity contribution in [3.63, 3.8) is 0 Å². The van der Waals surface area contributed by atoms with Gasteiger partial charge in [-0.05, 0) is 104 Å². The smallest absolute Gasteiger partial charge is 0.102 e. The lowest BCUT2D eigenvalue weighted by atomic mass is 9.48. The Bertz CT molecular complexity index is 790. The maximum atomic E-state index is 9.11. The van der Waals surface area contributed by atoms with Crippen molar-refractivity contribution in [1.82, 2.24) is 9.78 Å². The minimum absolute atomic E-state index is 0.527. The first-order chi connectivity index (χ1) is 14.5. The standard InChI is InChI=1S/C27H41N3/c1-4-19-5-7-22-21(13-19)6-8-24-23(22)11-12-27(3)25(9-10-26(24)27)18(2)16-30-17-20(14-28)15-29-30/h15,17-19,21-26H,4-13,16H2,1-3H3/t18-,19-,21+,22-,23+,24+,25+,26-,27+/m0/s1. The van der Waals surface area contributed by atoms with E-state index in [1.54, 1.807) is 12.6 Å². The van der Waals surface area contributed by atoms with Gasteiger partial charge in [0.05, 0.1) is 11.8 Å². The SMILES string of the molecule is CC[C@H]1CC[C@H]2[C@H](CC[C@@H]3[C@@H]2CC[C@]2(C)[C@@H]([C@@H](C)Cn4cc(C#N)cn4)CC[C@@H]32)C1. The Morgan fingerprint density at radius 3 is 2.73 bits per heavy atom. The van der Waals surface area contributed by atoms with E-state index in [1.807, 2.05) is 10.9 Å². The predicted molar refractivity (Wildman–Crippen MR) is 120 cm³/mol. The van der Waals surface area contributed by atoms with Crippen molar-refractivity contribution in [1.29, 1.82) is 5.26 Å². The second kappa shape index (κ2) is 7.99. The summed E-state index contributed by atoms with van der Waals surface area (Å²) >= 11 is 0. The van der Waals surface area contributed by atoms with Crippen molar-refractivity contribution in [2.75, 3.05) is 0 Å².